The summed E-state index contributed by atoms with van der Waals surface area (Å²) in [6.45, 7) is 5.65. The molecule has 0 saturated heterocycles. The van der Waals surface area contributed by atoms with Crippen LogP contribution in [0.3, 0.4) is 0 Å². The number of carbonyl (C=O) groups excluding carboxylic acids is 1. The summed E-state index contributed by atoms with van der Waals surface area (Å²) in [5.74, 6) is 0.222. The van der Waals surface area contributed by atoms with E-state index in [0.717, 1.165) is 5.56 Å². The number of esters is 1. The third kappa shape index (κ3) is 4.16. The lowest BCUT2D eigenvalue weighted by Crippen LogP contribution is -2.15. The number of nitrogens with one attached hydrogen (secondary N) is 1. The van der Waals surface area contributed by atoms with Crippen LogP contribution in [0.5, 0.6) is 5.75 Å². The number of hydrogen-bond acceptors (Lipinski definition) is 5. The van der Waals surface area contributed by atoms with Crippen LogP contribution >= 0.6 is 0 Å². The van der Waals surface area contributed by atoms with Gasteiger partial charge in [-0.05, 0) is 54.3 Å². The summed E-state index contributed by atoms with van der Waals surface area (Å²) in [5.41, 5.74) is 1.93. The van der Waals surface area contributed by atoms with Crippen molar-refractivity contribution in [1.82, 2.24) is 0 Å². The maximum atomic E-state index is 12.9. The first kappa shape index (κ1) is 19.8. The Morgan fingerprint density at radius 3 is 2.38 bits per heavy atom. The zero-order valence-corrected chi connectivity index (χ0v) is 16.3. The molecule has 6 nitrogen and oxygen atoms in total. The quantitative estimate of drug-likeness (QED) is 0.776. The van der Waals surface area contributed by atoms with Gasteiger partial charge in [0.25, 0.3) is 10.0 Å². The fraction of sp³-hybridized carbons (Fsp3) is 0.316. The first-order valence-electron chi connectivity index (χ1n) is 8.09. The van der Waals surface area contributed by atoms with Crippen LogP contribution in [-0.2, 0) is 14.8 Å². The molecule has 0 saturated carbocycles. The highest BCUT2D eigenvalue weighted by Crippen LogP contribution is 2.32. The maximum Gasteiger partial charge on any atom is 0.337 e. The van der Waals surface area contributed by atoms with Crippen molar-refractivity contribution in [1.29, 1.82) is 0 Å². The van der Waals surface area contributed by atoms with E-state index in [-0.39, 0.29) is 22.1 Å². The molecule has 0 amide bonds. The highest BCUT2D eigenvalue weighted by Gasteiger charge is 2.21. The Balaban J connectivity index is 2.45. The predicted molar refractivity (Wildman–Crippen MR) is 100 cm³/mol. The van der Waals surface area contributed by atoms with Crippen molar-refractivity contribution in [3.8, 4) is 5.75 Å². The number of hydrogen-bond donors (Lipinski definition) is 1. The topological polar surface area (TPSA) is 81.7 Å². The van der Waals surface area contributed by atoms with Crippen LogP contribution in [-0.4, -0.2) is 28.6 Å². The van der Waals surface area contributed by atoms with Crippen molar-refractivity contribution in [2.75, 3.05) is 18.9 Å². The van der Waals surface area contributed by atoms with Gasteiger partial charge in [-0.1, -0.05) is 19.9 Å². The van der Waals surface area contributed by atoms with Gasteiger partial charge in [0.15, 0.2) is 0 Å². The molecule has 0 heterocycles. The minimum atomic E-state index is -3.83. The second kappa shape index (κ2) is 7.78. The molecule has 0 bridgehead atoms. The van der Waals surface area contributed by atoms with Gasteiger partial charge in [-0.25, -0.2) is 13.2 Å². The highest BCUT2D eigenvalue weighted by atomic mass is 32.2. The Morgan fingerprint density at radius 2 is 1.81 bits per heavy atom. The average molecular weight is 377 g/mol. The minimum absolute atomic E-state index is 0.0992. The SMILES string of the molecule is COC(=O)c1cccc(NS(=O)(=O)c2cc(C(C)C)c(OC)cc2C)c1. The Bertz CT molecular complexity index is 920. The number of benzene rings is 2. The van der Waals surface area contributed by atoms with Crippen LogP contribution in [0.2, 0.25) is 0 Å². The normalized spacial score (nSPS) is 11.3. The molecule has 0 atom stereocenters. The molecule has 2 aromatic rings. The van der Waals surface area contributed by atoms with Crippen LogP contribution in [0.4, 0.5) is 5.69 Å². The number of rotatable bonds is 6. The summed E-state index contributed by atoms with van der Waals surface area (Å²) in [4.78, 5) is 11.8. The Kier molecular flexibility index (Phi) is 5.92. The molecule has 0 aliphatic rings. The van der Waals surface area contributed by atoms with E-state index in [2.05, 4.69) is 9.46 Å². The smallest absolute Gasteiger partial charge is 0.337 e. The van der Waals surface area contributed by atoms with Crippen molar-refractivity contribution >= 4 is 21.7 Å². The van der Waals surface area contributed by atoms with E-state index in [1.807, 2.05) is 13.8 Å². The van der Waals surface area contributed by atoms with Gasteiger partial charge in [0.05, 0.1) is 24.7 Å². The van der Waals surface area contributed by atoms with E-state index in [9.17, 15) is 13.2 Å². The molecule has 0 aromatic heterocycles. The molecule has 0 unspecified atom stereocenters. The molecule has 0 fully saturated rings. The summed E-state index contributed by atoms with van der Waals surface area (Å²) in [6.07, 6.45) is 0. The van der Waals surface area contributed by atoms with E-state index in [1.165, 1.54) is 13.2 Å². The van der Waals surface area contributed by atoms with Crippen LogP contribution in [0.1, 0.15) is 41.3 Å². The lowest BCUT2D eigenvalue weighted by molar-refractivity contribution is 0.0600. The van der Waals surface area contributed by atoms with E-state index in [4.69, 9.17) is 4.74 Å². The van der Waals surface area contributed by atoms with Gasteiger partial charge >= 0.3 is 5.97 Å². The third-order valence-electron chi connectivity index (χ3n) is 3.97. The minimum Gasteiger partial charge on any atom is -0.496 e. The van der Waals surface area contributed by atoms with E-state index in [1.54, 1.807) is 44.4 Å². The highest BCUT2D eigenvalue weighted by molar-refractivity contribution is 7.92. The first-order chi connectivity index (χ1) is 12.2. The molecule has 0 aliphatic heterocycles. The number of ether oxygens (including phenoxy) is 2. The van der Waals surface area contributed by atoms with Gasteiger partial charge in [0, 0.05) is 5.69 Å². The van der Waals surface area contributed by atoms with Crippen molar-refractivity contribution in [2.45, 2.75) is 31.6 Å². The molecule has 7 heteroatoms. The predicted octanol–water partition coefficient (Wildman–Crippen LogP) is 3.71. The van der Waals surface area contributed by atoms with E-state index < -0.39 is 16.0 Å². The van der Waals surface area contributed by atoms with Gasteiger partial charge in [0.1, 0.15) is 5.75 Å². The molecular formula is C19H23NO5S. The Hall–Kier alpha value is -2.54. The molecule has 140 valence electrons. The lowest BCUT2D eigenvalue weighted by Gasteiger charge is -2.17. The summed E-state index contributed by atoms with van der Waals surface area (Å²) >= 11 is 0. The van der Waals surface area contributed by atoms with Gasteiger partial charge in [-0.2, -0.15) is 0 Å². The number of anilines is 1. The summed E-state index contributed by atoms with van der Waals surface area (Å²) < 4.78 is 38.3. The third-order valence-corrected chi connectivity index (χ3v) is 5.50. The maximum absolute atomic E-state index is 12.9. The van der Waals surface area contributed by atoms with E-state index >= 15 is 0 Å². The summed E-state index contributed by atoms with van der Waals surface area (Å²) in [5, 5.41) is 0. The van der Waals surface area contributed by atoms with Crippen molar-refractivity contribution in [2.24, 2.45) is 0 Å². The van der Waals surface area contributed by atoms with Crippen LogP contribution in [0, 0.1) is 6.92 Å². The zero-order valence-electron chi connectivity index (χ0n) is 15.5. The largest absolute Gasteiger partial charge is 0.496 e. The Labute approximate surface area is 154 Å². The van der Waals surface area contributed by atoms with Crippen LogP contribution in [0.25, 0.3) is 0 Å². The average Bonchev–Trinajstić information content (AvgIpc) is 2.59. The van der Waals surface area contributed by atoms with Crippen LogP contribution < -0.4 is 9.46 Å². The molecule has 2 rings (SSSR count). The van der Waals surface area contributed by atoms with Gasteiger partial charge in [0.2, 0.25) is 0 Å². The van der Waals surface area contributed by atoms with Crippen molar-refractivity contribution in [3.05, 3.63) is 53.1 Å². The molecule has 0 aliphatic carbocycles. The number of carbonyl (C=O) groups is 1. The van der Waals surface area contributed by atoms with Crippen molar-refractivity contribution in [3.63, 3.8) is 0 Å². The summed E-state index contributed by atoms with van der Waals surface area (Å²) in [7, 11) is -1.000. The number of aryl methyl sites for hydroxylation is 1. The first-order valence-corrected chi connectivity index (χ1v) is 9.57. The molecule has 1 N–H and O–H groups in total. The van der Waals surface area contributed by atoms with Crippen LogP contribution in [0.15, 0.2) is 41.3 Å². The monoisotopic (exact) mass is 377 g/mol. The standard InChI is InChI=1S/C19H23NO5S/c1-12(2)16-11-18(13(3)9-17(16)24-4)26(22,23)20-15-8-6-7-14(10-15)19(21)25-5/h6-12,20H,1-5H3. The molecule has 26 heavy (non-hydrogen) atoms. The number of sulfonamides is 1. The zero-order chi connectivity index (χ0) is 19.5. The Morgan fingerprint density at radius 1 is 1.12 bits per heavy atom. The van der Waals surface area contributed by atoms with Crippen molar-refractivity contribution < 1.29 is 22.7 Å². The fourth-order valence-corrected chi connectivity index (χ4v) is 3.94. The molecule has 2 aromatic carbocycles. The molecule has 0 radical (unpaired) electrons. The van der Waals surface area contributed by atoms with Gasteiger partial charge in [-0.15, -0.1) is 0 Å². The van der Waals surface area contributed by atoms with Gasteiger partial charge in [-0.3, -0.25) is 4.72 Å². The lowest BCUT2D eigenvalue weighted by atomic mass is 10.0. The second-order valence-electron chi connectivity index (χ2n) is 6.19. The second-order valence-corrected chi connectivity index (χ2v) is 7.84. The van der Waals surface area contributed by atoms with Gasteiger partial charge < -0.3 is 9.47 Å². The fourth-order valence-electron chi connectivity index (χ4n) is 2.63. The van der Waals surface area contributed by atoms with E-state index in [0.29, 0.717) is 11.3 Å². The summed E-state index contributed by atoms with van der Waals surface area (Å²) in [6, 6.07) is 9.50. The molecular weight excluding hydrogens is 354 g/mol. The molecule has 0 spiro atoms. The number of methoxy groups -OCH3 is 2.